The zero-order valence-electron chi connectivity index (χ0n) is 17.6. The van der Waals surface area contributed by atoms with Crippen molar-refractivity contribution >= 4 is 29.2 Å². The number of phenols is 1. The third kappa shape index (κ3) is 3.41. The van der Waals surface area contributed by atoms with Crippen LogP contribution in [0.1, 0.15) is 22.0 Å². The van der Waals surface area contributed by atoms with Crippen molar-refractivity contribution in [1.82, 2.24) is 0 Å². The number of hydrogen-bond acceptors (Lipinski definition) is 7. The number of methoxy groups -OCH3 is 1. The van der Waals surface area contributed by atoms with Crippen LogP contribution in [0.25, 0.3) is 0 Å². The van der Waals surface area contributed by atoms with E-state index in [9.17, 15) is 19.5 Å². The Kier molecular flexibility index (Phi) is 5.07. The minimum Gasteiger partial charge on any atom is -0.508 e. The van der Waals surface area contributed by atoms with Crippen LogP contribution in [0.3, 0.4) is 0 Å². The van der Waals surface area contributed by atoms with Crippen LogP contribution >= 0.6 is 0 Å². The van der Waals surface area contributed by atoms with Gasteiger partial charge in [0.15, 0.2) is 6.10 Å². The SMILES string of the molecule is COC(=O)c1ccc(N2C(=O)[C@H]3[C@@H](ON(c4ccccc4)[C@H]3c3ccc(O)cc3)C2=O)cc1. The molecule has 166 valence electrons. The molecule has 0 saturated carbocycles. The number of nitrogens with zero attached hydrogens (tertiary/aromatic N) is 2. The van der Waals surface area contributed by atoms with Crippen LogP contribution in [0.15, 0.2) is 78.9 Å². The quantitative estimate of drug-likeness (QED) is 0.488. The van der Waals surface area contributed by atoms with Crippen molar-refractivity contribution in [3.8, 4) is 5.75 Å². The Balaban J connectivity index is 1.53. The van der Waals surface area contributed by atoms with Crippen molar-refractivity contribution in [2.45, 2.75) is 12.1 Å². The van der Waals surface area contributed by atoms with Gasteiger partial charge in [-0.05, 0) is 54.1 Å². The summed E-state index contributed by atoms with van der Waals surface area (Å²) >= 11 is 0. The first kappa shape index (κ1) is 20.7. The molecule has 0 aromatic heterocycles. The summed E-state index contributed by atoms with van der Waals surface area (Å²) in [5.41, 5.74) is 2.10. The Bertz CT molecular complexity index is 1210. The molecule has 2 fully saturated rings. The highest BCUT2D eigenvalue weighted by atomic mass is 16.7. The van der Waals surface area contributed by atoms with E-state index < -0.39 is 35.8 Å². The molecular weight excluding hydrogens is 424 g/mol. The molecule has 0 radical (unpaired) electrons. The molecule has 3 aromatic rings. The summed E-state index contributed by atoms with van der Waals surface area (Å²) in [6.45, 7) is 0. The predicted molar refractivity (Wildman–Crippen MR) is 118 cm³/mol. The van der Waals surface area contributed by atoms with Gasteiger partial charge < -0.3 is 9.84 Å². The van der Waals surface area contributed by atoms with Crippen LogP contribution in [0.5, 0.6) is 5.75 Å². The molecule has 8 heteroatoms. The van der Waals surface area contributed by atoms with Gasteiger partial charge in [-0.15, -0.1) is 0 Å². The first-order valence-electron chi connectivity index (χ1n) is 10.4. The van der Waals surface area contributed by atoms with Crippen LogP contribution in [0, 0.1) is 5.92 Å². The summed E-state index contributed by atoms with van der Waals surface area (Å²) in [5, 5.41) is 11.3. The number of carbonyl (C=O) groups excluding carboxylic acids is 3. The second-order valence-electron chi connectivity index (χ2n) is 7.80. The van der Waals surface area contributed by atoms with Gasteiger partial charge in [-0.2, -0.15) is 0 Å². The average Bonchev–Trinajstić information content (AvgIpc) is 3.36. The maximum Gasteiger partial charge on any atom is 0.337 e. The lowest BCUT2D eigenvalue weighted by Crippen LogP contribution is -2.37. The molecular formula is C25H20N2O6. The van der Waals surface area contributed by atoms with E-state index in [2.05, 4.69) is 0 Å². The van der Waals surface area contributed by atoms with Crippen LogP contribution in [-0.4, -0.2) is 36.1 Å². The largest absolute Gasteiger partial charge is 0.508 e. The van der Waals surface area contributed by atoms with Crippen molar-refractivity contribution in [1.29, 1.82) is 0 Å². The van der Waals surface area contributed by atoms with Gasteiger partial charge >= 0.3 is 5.97 Å². The highest BCUT2D eigenvalue weighted by Crippen LogP contribution is 2.47. The van der Waals surface area contributed by atoms with E-state index in [-0.39, 0.29) is 5.75 Å². The molecule has 33 heavy (non-hydrogen) atoms. The fourth-order valence-corrected chi connectivity index (χ4v) is 4.34. The molecule has 2 saturated heterocycles. The van der Waals surface area contributed by atoms with Crippen molar-refractivity contribution < 1.29 is 29.1 Å². The van der Waals surface area contributed by atoms with E-state index >= 15 is 0 Å². The van der Waals surface area contributed by atoms with Crippen molar-refractivity contribution in [3.05, 3.63) is 90.0 Å². The second kappa shape index (κ2) is 8.07. The van der Waals surface area contributed by atoms with E-state index in [0.717, 1.165) is 10.5 Å². The third-order valence-electron chi connectivity index (χ3n) is 5.91. The van der Waals surface area contributed by atoms with Crippen LogP contribution in [0.4, 0.5) is 11.4 Å². The Morgan fingerprint density at radius 3 is 2.18 bits per heavy atom. The first-order valence-corrected chi connectivity index (χ1v) is 10.4. The van der Waals surface area contributed by atoms with Gasteiger partial charge in [0.25, 0.3) is 5.91 Å². The molecule has 1 N–H and O–H groups in total. The summed E-state index contributed by atoms with van der Waals surface area (Å²) in [5.74, 6) is -2.07. The Morgan fingerprint density at radius 2 is 1.55 bits per heavy atom. The maximum atomic E-state index is 13.6. The molecule has 0 unspecified atom stereocenters. The average molecular weight is 444 g/mol. The molecule has 2 amide bonds. The molecule has 3 aromatic carbocycles. The number of phenolic OH excluding ortho intramolecular Hbond substituents is 1. The Hall–Kier alpha value is -4.17. The topological polar surface area (TPSA) is 96.4 Å². The summed E-state index contributed by atoms with van der Waals surface area (Å²) < 4.78 is 4.70. The Labute approximate surface area is 189 Å². The number of amides is 2. The fourth-order valence-electron chi connectivity index (χ4n) is 4.34. The summed E-state index contributed by atoms with van der Waals surface area (Å²) in [6, 6.07) is 21.3. The van der Waals surface area contributed by atoms with Crippen molar-refractivity contribution in [3.63, 3.8) is 0 Å². The highest BCUT2D eigenvalue weighted by Gasteiger charge is 2.60. The van der Waals surface area contributed by atoms with Gasteiger partial charge in [-0.1, -0.05) is 30.3 Å². The standard InChI is InChI=1S/C25H20N2O6/c1-32-25(31)16-7-11-17(12-8-16)26-23(29)20-21(15-9-13-19(28)14-10-15)27(33-22(20)24(26)30)18-5-3-2-4-6-18/h2-14,20-22,28H,1H3/t20-,21+,22-/m1/s1. The van der Waals surface area contributed by atoms with E-state index in [4.69, 9.17) is 9.57 Å². The van der Waals surface area contributed by atoms with Crippen molar-refractivity contribution in [2.75, 3.05) is 17.1 Å². The van der Waals surface area contributed by atoms with Crippen LogP contribution in [-0.2, 0) is 19.2 Å². The zero-order valence-corrected chi connectivity index (χ0v) is 17.6. The number of ether oxygens (including phenoxy) is 1. The summed E-state index contributed by atoms with van der Waals surface area (Å²) in [7, 11) is 1.28. The number of aromatic hydroxyl groups is 1. The van der Waals surface area contributed by atoms with Crippen molar-refractivity contribution in [2.24, 2.45) is 5.92 Å². The lowest BCUT2D eigenvalue weighted by Gasteiger charge is -2.28. The number of anilines is 2. The van der Waals surface area contributed by atoms with Gasteiger partial charge in [0.2, 0.25) is 5.91 Å². The molecule has 0 bridgehead atoms. The lowest BCUT2D eigenvalue weighted by atomic mass is 9.90. The second-order valence-corrected chi connectivity index (χ2v) is 7.80. The molecule has 3 atom stereocenters. The smallest absolute Gasteiger partial charge is 0.337 e. The number of para-hydroxylation sites is 1. The molecule has 5 rings (SSSR count). The van der Waals surface area contributed by atoms with Gasteiger partial charge in [-0.3, -0.25) is 14.4 Å². The summed E-state index contributed by atoms with van der Waals surface area (Å²) in [6.07, 6.45) is -1.00. The van der Waals surface area contributed by atoms with E-state index in [1.54, 1.807) is 17.2 Å². The van der Waals surface area contributed by atoms with Gasteiger partial charge in [0.05, 0.1) is 30.1 Å². The number of hydroxylamine groups is 1. The molecule has 8 nitrogen and oxygen atoms in total. The van der Waals surface area contributed by atoms with Gasteiger partial charge in [-0.25, -0.2) is 14.8 Å². The molecule has 2 heterocycles. The number of rotatable bonds is 4. The van der Waals surface area contributed by atoms with Crippen LogP contribution < -0.4 is 9.96 Å². The number of hydrogen-bond donors (Lipinski definition) is 1. The number of imide groups is 1. The number of esters is 1. The monoisotopic (exact) mass is 444 g/mol. The third-order valence-corrected chi connectivity index (χ3v) is 5.91. The Morgan fingerprint density at radius 1 is 0.879 bits per heavy atom. The number of benzene rings is 3. The molecule has 0 aliphatic carbocycles. The number of fused-ring (bicyclic) bond motifs is 1. The van der Waals surface area contributed by atoms with Gasteiger partial charge in [0.1, 0.15) is 11.7 Å². The van der Waals surface area contributed by atoms with E-state index in [1.165, 1.54) is 43.5 Å². The minimum absolute atomic E-state index is 0.0987. The minimum atomic E-state index is -1.00. The van der Waals surface area contributed by atoms with Crippen LogP contribution in [0.2, 0.25) is 0 Å². The normalized spacial score (nSPS) is 21.9. The molecule has 2 aliphatic rings. The first-order chi connectivity index (χ1) is 16.0. The summed E-state index contributed by atoms with van der Waals surface area (Å²) in [4.78, 5) is 45.7. The van der Waals surface area contributed by atoms with Gasteiger partial charge in [0, 0.05) is 0 Å². The lowest BCUT2D eigenvalue weighted by molar-refractivity contribution is -0.126. The maximum absolute atomic E-state index is 13.6. The van der Waals surface area contributed by atoms with E-state index in [0.29, 0.717) is 16.9 Å². The fraction of sp³-hybridized carbons (Fsp3) is 0.160. The molecule has 2 aliphatic heterocycles. The highest BCUT2D eigenvalue weighted by molar-refractivity contribution is 6.24. The predicted octanol–water partition coefficient (Wildman–Crippen LogP) is 3.23. The molecule has 0 spiro atoms. The number of carbonyl (C=O) groups is 3. The zero-order chi connectivity index (χ0) is 23.1. The van der Waals surface area contributed by atoms with E-state index in [1.807, 2.05) is 30.3 Å².